The lowest BCUT2D eigenvalue weighted by atomic mass is 9.83. The zero-order valence-electron chi connectivity index (χ0n) is 12.4. The van der Waals surface area contributed by atoms with Crippen LogP contribution in [0.15, 0.2) is 0 Å². The van der Waals surface area contributed by atoms with Gasteiger partial charge in [-0.1, -0.05) is 24.9 Å². The van der Waals surface area contributed by atoms with Gasteiger partial charge in [0.05, 0.1) is 16.4 Å². The Morgan fingerprint density at radius 1 is 1.37 bits per heavy atom. The van der Waals surface area contributed by atoms with Crippen LogP contribution in [-0.4, -0.2) is 22.9 Å². The Balaban J connectivity index is 2.11. The molecular weight excluding hydrogens is 258 g/mol. The average Bonchev–Trinajstić information content (AvgIpc) is 2.75. The van der Waals surface area contributed by atoms with Crippen LogP contribution in [0, 0.1) is 5.92 Å². The number of aryl methyl sites for hydroxylation is 2. The molecule has 2 unspecified atom stereocenters. The van der Waals surface area contributed by atoms with Crippen LogP contribution in [0.1, 0.15) is 50.9 Å². The van der Waals surface area contributed by atoms with Gasteiger partial charge in [-0.2, -0.15) is 5.10 Å². The monoisotopic (exact) mass is 283 g/mol. The Hall–Kier alpha value is -0.540. The average molecular weight is 284 g/mol. The number of nitrogens with zero attached hydrogens (tertiary/aromatic N) is 2. The maximum absolute atomic E-state index is 6.50. The fourth-order valence-corrected chi connectivity index (χ4v) is 3.57. The molecule has 3 nitrogen and oxygen atoms in total. The van der Waals surface area contributed by atoms with Crippen LogP contribution < -0.4 is 5.32 Å². The highest BCUT2D eigenvalue weighted by Crippen LogP contribution is 2.31. The highest BCUT2D eigenvalue weighted by atomic mass is 35.5. The van der Waals surface area contributed by atoms with Crippen molar-refractivity contribution in [3.05, 3.63) is 16.4 Å². The first-order valence-corrected chi connectivity index (χ1v) is 7.98. The highest BCUT2D eigenvalue weighted by molar-refractivity contribution is 6.31. The van der Waals surface area contributed by atoms with Crippen LogP contribution in [0.3, 0.4) is 0 Å². The molecule has 1 aromatic heterocycles. The van der Waals surface area contributed by atoms with Gasteiger partial charge in [0.1, 0.15) is 0 Å². The minimum Gasteiger partial charge on any atom is -0.317 e. The first-order valence-electron chi connectivity index (χ1n) is 7.60. The van der Waals surface area contributed by atoms with Gasteiger partial charge >= 0.3 is 0 Å². The lowest BCUT2D eigenvalue weighted by Gasteiger charge is -2.29. The topological polar surface area (TPSA) is 29.9 Å². The number of halogens is 1. The molecule has 1 fully saturated rings. The van der Waals surface area contributed by atoms with E-state index in [4.69, 9.17) is 11.6 Å². The Kier molecular flexibility index (Phi) is 5.28. The summed E-state index contributed by atoms with van der Waals surface area (Å²) in [5, 5.41) is 8.96. The van der Waals surface area contributed by atoms with Gasteiger partial charge in [0.15, 0.2) is 0 Å². The van der Waals surface area contributed by atoms with E-state index in [1.807, 2.05) is 0 Å². The van der Waals surface area contributed by atoms with E-state index in [0.717, 1.165) is 36.0 Å². The largest absolute Gasteiger partial charge is 0.317 e. The van der Waals surface area contributed by atoms with Crippen molar-refractivity contribution >= 4 is 11.6 Å². The molecule has 4 heteroatoms. The molecule has 0 saturated heterocycles. The fraction of sp³-hybridized carbons (Fsp3) is 0.800. The molecule has 0 aliphatic heterocycles. The van der Waals surface area contributed by atoms with Gasteiger partial charge < -0.3 is 5.32 Å². The van der Waals surface area contributed by atoms with Gasteiger partial charge in [0.25, 0.3) is 0 Å². The van der Waals surface area contributed by atoms with Gasteiger partial charge in [-0.15, -0.1) is 0 Å². The summed E-state index contributed by atoms with van der Waals surface area (Å²) < 4.78 is 2.10. The SMILES string of the molecule is CCc1nn(CC)c(CC2CCCC(NC)C2)c1Cl. The third kappa shape index (κ3) is 3.32. The molecule has 2 rings (SSSR count). The van der Waals surface area contributed by atoms with Crippen LogP contribution in [0.5, 0.6) is 0 Å². The second kappa shape index (κ2) is 6.76. The molecule has 0 bridgehead atoms. The van der Waals surface area contributed by atoms with Crippen LogP contribution in [0.25, 0.3) is 0 Å². The van der Waals surface area contributed by atoms with Crippen molar-refractivity contribution in [1.29, 1.82) is 0 Å². The van der Waals surface area contributed by atoms with Crippen molar-refractivity contribution in [3.63, 3.8) is 0 Å². The Morgan fingerprint density at radius 3 is 2.79 bits per heavy atom. The Labute approximate surface area is 121 Å². The quantitative estimate of drug-likeness (QED) is 0.897. The van der Waals surface area contributed by atoms with Gasteiger partial charge in [0, 0.05) is 12.6 Å². The predicted octanol–water partition coefficient (Wildman–Crippen LogP) is 3.44. The molecule has 19 heavy (non-hydrogen) atoms. The van der Waals surface area contributed by atoms with Gasteiger partial charge in [-0.25, -0.2) is 0 Å². The van der Waals surface area contributed by atoms with Crippen LogP contribution in [-0.2, 0) is 19.4 Å². The molecule has 2 atom stereocenters. The van der Waals surface area contributed by atoms with Crippen LogP contribution >= 0.6 is 11.6 Å². The van der Waals surface area contributed by atoms with Crippen molar-refractivity contribution < 1.29 is 0 Å². The summed E-state index contributed by atoms with van der Waals surface area (Å²) >= 11 is 6.50. The van der Waals surface area contributed by atoms with E-state index < -0.39 is 0 Å². The number of nitrogens with one attached hydrogen (secondary N) is 1. The number of hydrogen-bond donors (Lipinski definition) is 1. The third-order valence-corrected chi connectivity index (χ3v) is 4.80. The smallest absolute Gasteiger partial charge is 0.0849 e. The van der Waals surface area contributed by atoms with E-state index in [9.17, 15) is 0 Å². The van der Waals surface area contributed by atoms with Gasteiger partial charge in [-0.3, -0.25) is 4.68 Å². The maximum atomic E-state index is 6.50. The lowest BCUT2D eigenvalue weighted by Crippen LogP contribution is -2.32. The number of hydrogen-bond acceptors (Lipinski definition) is 2. The van der Waals surface area contributed by atoms with E-state index in [-0.39, 0.29) is 0 Å². The van der Waals surface area contributed by atoms with Crippen molar-refractivity contribution in [2.75, 3.05) is 7.05 Å². The molecule has 1 N–H and O–H groups in total. The summed E-state index contributed by atoms with van der Waals surface area (Å²) in [5.41, 5.74) is 2.31. The second-order valence-corrected chi connectivity index (χ2v) is 5.98. The van der Waals surface area contributed by atoms with Gasteiger partial charge in [-0.05, 0) is 52.0 Å². The fourth-order valence-electron chi connectivity index (χ4n) is 3.22. The second-order valence-electron chi connectivity index (χ2n) is 5.60. The molecule has 0 amide bonds. The Morgan fingerprint density at radius 2 is 2.16 bits per heavy atom. The predicted molar refractivity (Wildman–Crippen MR) is 80.8 cm³/mol. The van der Waals surface area contributed by atoms with E-state index in [2.05, 4.69) is 36.0 Å². The number of rotatable bonds is 5. The molecule has 1 aliphatic rings. The summed E-state index contributed by atoms with van der Waals surface area (Å²) in [7, 11) is 2.07. The lowest BCUT2D eigenvalue weighted by molar-refractivity contribution is 0.290. The Bertz CT molecular complexity index is 414. The molecule has 108 valence electrons. The molecule has 0 radical (unpaired) electrons. The third-order valence-electron chi connectivity index (χ3n) is 4.37. The minimum atomic E-state index is 0.682. The summed E-state index contributed by atoms with van der Waals surface area (Å²) in [6.45, 7) is 5.18. The van der Waals surface area contributed by atoms with Crippen LogP contribution in [0.4, 0.5) is 0 Å². The van der Waals surface area contributed by atoms with Crippen molar-refractivity contribution in [2.24, 2.45) is 5.92 Å². The van der Waals surface area contributed by atoms with Crippen molar-refractivity contribution in [1.82, 2.24) is 15.1 Å². The molecule has 1 aliphatic carbocycles. The zero-order chi connectivity index (χ0) is 13.8. The summed E-state index contributed by atoms with van der Waals surface area (Å²) in [4.78, 5) is 0. The standard InChI is InChI=1S/C15H26ClN3/c1-4-13-15(16)14(19(5-2)18-13)10-11-7-6-8-12(9-11)17-3/h11-12,17H,4-10H2,1-3H3. The van der Waals surface area contributed by atoms with E-state index in [1.165, 1.54) is 31.4 Å². The van der Waals surface area contributed by atoms with E-state index in [1.54, 1.807) is 0 Å². The first kappa shape index (κ1) is 14.9. The highest BCUT2D eigenvalue weighted by Gasteiger charge is 2.24. The number of aromatic nitrogens is 2. The summed E-state index contributed by atoms with van der Waals surface area (Å²) in [6.07, 6.45) is 7.23. The normalized spacial score (nSPS) is 23.8. The van der Waals surface area contributed by atoms with Crippen LogP contribution in [0.2, 0.25) is 5.02 Å². The summed E-state index contributed by atoms with van der Waals surface area (Å²) in [6, 6.07) is 0.682. The molecular formula is C15H26ClN3. The summed E-state index contributed by atoms with van der Waals surface area (Å²) in [5.74, 6) is 0.746. The van der Waals surface area contributed by atoms with Crippen molar-refractivity contribution in [3.8, 4) is 0 Å². The zero-order valence-corrected chi connectivity index (χ0v) is 13.1. The van der Waals surface area contributed by atoms with Gasteiger partial charge in [0.2, 0.25) is 0 Å². The molecule has 0 aromatic carbocycles. The van der Waals surface area contributed by atoms with E-state index >= 15 is 0 Å². The molecule has 1 saturated carbocycles. The molecule has 1 heterocycles. The molecule has 0 spiro atoms. The minimum absolute atomic E-state index is 0.682. The van der Waals surface area contributed by atoms with Crippen molar-refractivity contribution in [2.45, 2.75) is 65.0 Å². The first-order chi connectivity index (χ1) is 9.19. The maximum Gasteiger partial charge on any atom is 0.0849 e. The molecule has 1 aromatic rings. The van der Waals surface area contributed by atoms with E-state index in [0.29, 0.717) is 6.04 Å².